The van der Waals surface area contributed by atoms with E-state index >= 15 is 0 Å². The Balaban J connectivity index is 1.89. The van der Waals surface area contributed by atoms with Crippen molar-refractivity contribution in [3.8, 4) is 11.5 Å². The van der Waals surface area contributed by atoms with Gasteiger partial charge in [0.25, 0.3) is 0 Å². The molecule has 2 rings (SSSR count). The molecule has 0 saturated heterocycles. The van der Waals surface area contributed by atoms with E-state index in [0.29, 0.717) is 6.61 Å². The molecule has 0 radical (unpaired) electrons. The van der Waals surface area contributed by atoms with Crippen LogP contribution >= 0.6 is 0 Å². The van der Waals surface area contributed by atoms with Gasteiger partial charge in [0, 0.05) is 12.1 Å². The lowest BCUT2D eigenvalue weighted by atomic mass is 9.89. The van der Waals surface area contributed by atoms with Crippen molar-refractivity contribution in [1.82, 2.24) is 5.32 Å². The molecule has 3 heteroatoms. The molecule has 0 bridgehead atoms. The van der Waals surface area contributed by atoms with E-state index in [4.69, 9.17) is 9.47 Å². The molecular weight excluding hydrogens is 250 g/mol. The van der Waals surface area contributed by atoms with Crippen LogP contribution in [0.3, 0.4) is 0 Å². The molecule has 0 aromatic heterocycles. The highest BCUT2D eigenvalue weighted by Crippen LogP contribution is 2.31. The van der Waals surface area contributed by atoms with Crippen LogP contribution in [0.2, 0.25) is 0 Å². The Hall–Kier alpha value is -1.22. The van der Waals surface area contributed by atoms with Gasteiger partial charge in [0.2, 0.25) is 0 Å². The van der Waals surface area contributed by atoms with Crippen LogP contribution in [0.25, 0.3) is 0 Å². The van der Waals surface area contributed by atoms with Crippen LogP contribution in [0.15, 0.2) is 18.2 Å². The van der Waals surface area contributed by atoms with Crippen LogP contribution in [-0.4, -0.2) is 20.3 Å². The van der Waals surface area contributed by atoms with Crippen LogP contribution in [0.4, 0.5) is 0 Å². The lowest BCUT2D eigenvalue weighted by molar-refractivity contribution is 0.307. The summed E-state index contributed by atoms with van der Waals surface area (Å²) in [5, 5.41) is 3.58. The molecule has 1 aliphatic rings. The number of hydrogen-bond donors (Lipinski definition) is 1. The van der Waals surface area contributed by atoms with Crippen LogP contribution in [0, 0.1) is 5.92 Å². The van der Waals surface area contributed by atoms with Crippen molar-refractivity contribution in [3.05, 3.63) is 23.8 Å². The summed E-state index contributed by atoms with van der Waals surface area (Å²) in [6.45, 7) is 4.62. The molecule has 0 atom stereocenters. The number of benzene rings is 1. The Morgan fingerprint density at radius 3 is 2.70 bits per heavy atom. The normalized spacial score (nSPS) is 16.1. The largest absolute Gasteiger partial charge is 0.493 e. The molecule has 1 aromatic rings. The summed E-state index contributed by atoms with van der Waals surface area (Å²) in [4.78, 5) is 0. The van der Waals surface area contributed by atoms with E-state index in [1.165, 1.54) is 37.7 Å². The molecular formula is C17H27NO2. The molecule has 0 amide bonds. The molecule has 1 aliphatic carbocycles. The zero-order valence-electron chi connectivity index (χ0n) is 12.8. The fourth-order valence-electron chi connectivity index (χ4n) is 3.00. The summed E-state index contributed by atoms with van der Waals surface area (Å²) in [7, 11) is 1.71. The van der Waals surface area contributed by atoms with Crippen molar-refractivity contribution in [1.29, 1.82) is 0 Å². The van der Waals surface area contributed by atoms with Gasteiger partial charge in [-0.3, -0.25) is 0 Å². The quantitative estimate of drug-likeness (QED) is 0.823. The van der Waals surface area contributed by atoms with Gasteiger partial charge < -0.3 is 14.8 Å². The molecule has 20 heavy (non-hydrogen) atoms. The number of hydrogen-bond acceptors (Lipinski definition) is 3. The average molecular weight is 277 g/mol. The van der Waals surface area contributed by atoms with E-state index in [1.54, 1.807) is 7.11 Å². The van der Waals surface area contributed by atoms with Crippen LogP contribution in [0.1, 0.15) is 44.6 Å². The average Bonchev–Trinajstić information content (AvgIpc) is 2.49. The molecule has 1 N–H and O–H groups in total. The van der Waals surface area contributed by atoms with Crippen LogP contribution in [0.5, 0.6) is 11.5 Å². The first-order chi connectivity index (χ1) is 9.85. The van der Waals surface area contributed by atoms with Gasteiger partial charge >= 0.3 is 0 Å². The van der Waals surface area contributed by atoms with E-state index in [2.05, 4.69) is 11.4 Å². The molecule has 1 saturated carbocycles. The first-order valence-electron chi connectivity index (χ1n) is 7.84. The molecule has 3 nitrogen and oxygen atoms in total. The second-order valence-electron chi connectivity index (χ2n) is 5.52. The summed E-state index contributed by atoms with van der Waals surface area (Å²) in [5.41, 5.74) is 1.18. The van der Waals surface area contributed by atoms with E-state index in [9.17, 15) is 0 Å². The summed E-state index contributed by atoms with van der Waals surface area (Å²) < 4.78 is 11.1. The maximum absolute atomic E-state index is 5.61. The topological polar surface area (TPSA) is 30.5 Å². The van der Waals surface area contributed by atoms with Crippen LogP contribution in [-0.2, 0) is 6.54 Å². The first-order valence-corrected chi connectivity index (χ1v) is 7.84. The Bertz CT molecular complexity index is 400. The number of rotatable bonds is 7. The highest BCUT2D eigenvalue weighted by Gasteiger charge is 2.14. The van der Waals surface area contributed by atoms with Gasteiger partial charge in [0.1, 0.15) is 0 Å². The highest BCUT2D eigenvalue weighted by molar-refractivity contribution is 5.46. The molecule has 1 fully saturated rings. The summed E-state index contributed by atoms with van der Waals surface area (Å²) in [6, 6.07) is 6.10. The molecule has 0 aliphatic heterocycles. The maximum atomic E-state index is 5.61. The van der Waals surface area contributed by atoms with Gasteiger partial charge in [-0.25, -0.2) is 0 Å². The predicted molar refractivity (Wildman–Crippen MR) is 82.4 cm³/mol. The number of nitrogens with one attached hydrogen (secondary N) is 1. The maximum Gasteiger partial charge on any atom is 0.165 e. The SMILES string of the molecule is CCOc1cccc(CNCC2CCCCC2)c1OC. The van der Waals surface area contributed by atoms with Gasteiger partial charge in [-0.1, -0.05) is 31.4 Å². The van der Waals surface area contributed by atoms with Crippen molar-refractivity contribution >= 4 is 0 Å². The smallest absolute Gasteiger partial charge is 0.165 e. The standard InChI is InChI=1S/C17H27NO2/c1-3-20-16-11-7-10-15(17(16)19-2)13-18-12-14-8-5-4-6-9-14/h7,10-11,14,18H,3-6,8-9,12-13H2,1-2H3. The highest BCUT2D eigenvalue weighted by atomic mass is 16.5. The van der Waals surface area contributed by atoms with Gasteiger partial charge in [-0.2, -0.15) is 0 Å². The van der Waals surface area contributed by atoms with E-state index in [-0.39, 0.29) is 0 Å². The number of para-hydroxylation sites is 1. The second-order valence-corrected chi connectivity index (χ2v) is 5.52. The van der Waals surface area contributed by atoms with Crippen molar-refractivity contribution in [2.24, 2.45) is 5.92 Å². The number of methoxy groups -OCH3 is 1. The molecule has 0 unspecified atom stereocenters. The van der Waals surface area contributed by atoms with Crippen molar-refractivity contribution < 1.29 is 9.47 Å². The first kappa shape index (κ1) is 15.2. The Morgan fingerprint density at radius 2 is 2.00 bits per heavy atom. The molecule has 112 valence electrons. The Labute approximate surface area is 122 Å². The third kappa shape index (κ3) is 4.14. The second kappa shape index (κ2) is 8.15. The Kier molecular flexibility index (Phi) is 6.19. The van der Waals surface area contributed by atoms with Gasteiger partial charge in [-0.05, 0) is 38.3 Å². The minimum atomic E-state index is 0.662. The molecule has 0 spiro atoms. The van der Waals surface area contributed by atoms with Crippen molar-refractivity contribution in [3.63, 3.8) is 0 Å². The monoisotopic (exact) mass is 277 g/mol. The fourth-order valence-corrected chi connectivity index (χ4v) is 3.00. The minimum absolute atomic E-state index is 0.662. The van der Waals surface area contributed by atoms with Gasteiger partial charge in [-0.15, -0.1) is 0 Å². The minimum Gasteiger partial charge on any atom is -0.493 e. The zero-order chi connectivity index (χ0) is 14.2. The molecule has 1 aromatic carbocycles. The van der Waals surface area contributed by atoms with Gasteiger partial charge in [0.05, 0.1) is 13.7 Å². The van der Waals surface area contributed by atoms with Crippen molar-refractivity contribution in [2.75, 3.05) is 20.3 Å². The van der Waals surface area contributed by atoms with Crippen LogP contribution < -0.4 is 14.8 Å². The zero-order valence-corrected chi connectivity index (χ0v) is 12.8. The molecule has 0 heterocycles. The van der Waals surface area contributed by atoms with E-state index < -0.39 is 0 Å². The predicted octanol–water partition coefficient (Wildman–Crippen LogP) is 3.76. The van der Waals surface area contributed by atoms with Crippen molar-refractivity contribution in [2.45, 2.75) is 45.6 Å². The lowest BCUT2D eigenvalue weighted by Gasteiger charge is -2.22. The third-order valence-corrected chi connectivity index (χ3v) is 4.04. The summed E-state index contributed by atoms with van der Waals surface area (Å²) in [6.07, 6.45) is 6.97. The summed E-state index contributed by atoms with van der Waals surface area (Å²) >= 11 is 0. The number of ether oxygens (including phenoxy) is 2. The van der Waals surface area contributed by atoms with E-state index in [1.807, 2.05) is 19.1 Å². The third-order valence-electron chi connectivity index (χ3n) is 4.04. The fraction of sp³-hybridized carbons (Fsp3) is 0.647. The lowest BCUT2D eigenvalue weighted by Crippen LogP contribution is -2.24. The Morgan fingerprint density at radius 1 is 1.20 bits per heavy atom. The van der Waals surface area contributed by atoms with E-state index in [0.717, 1.165) is 30.5 Å². The van der Waals surface area contributed by atoms with Gasteiger partial charge in [0.15, 0.2) is 11.5 Å². The summed E-state index contributed by atoms with van der Waals surface area (Å²) in [5.74, 6) is 2.56.